The van der Waals surface area contributed by atoms with Crippen molar-refractivity contribution in [3.05, 3.63) is 11.6 Å². The van der Waals surface area contributed by atoms with Gasteiger partial charge in [-0.2, -0.15) is 5.26 Å². The van der Waals surface area contributed by atoms with Crippen LogP contribution in [0.4, 0.5) is 0 Å². The molecule has 4 aliphatic rings. The van der Waals surface area contributed by atoms with Crippen LogP contribution in [0.1, 0.15) is 78.6 Å². The lowest BCUT2D eigenvalue weighted by Gasteiger charge is -2.58. The summed E-state index contributed by atoms with van der Waals surface area (Å²) in [5.41, 5.74) is 1.59. The van der Waals surface area contributed by atoms with E-state index in [1.54, 1.807) is 6.92 Å². The number of Topliss-reactive ketones (excluding diaryl/α,β-unsaturated/α-hetero) is 1. The molecule has 0 aliphatic heterocycles. The maximum atomic E-state index is 12.4. The third kappa shape index (κ3) is 2.85. The molecule has 3 unspecified atom stereocenters. The van der Waals surface area contributed by atoms with Crippen LogP contribution >= 0.6 is 0 Å². The molecular weight excluding hydrogens is 350 g/mol. The summed E-state index contributed by atoms with van der Waals surface area (Å²) in [6.07, 6.45) is 11.2. The minimum atomic E-state index is -0.178. The number of rotatable bonds is 3. The van der Waals surface area contributed by atoms with Crippen LogP contribution in [0.3, 0.4) is 0 Å². The minimum Gasteiger partial charge on any atom is -0.462 e. The van der Waals surface area contributed by atoms with Gasteiger partial charge in [-0.05, 0) is 80.5 Å². The first-order valence-corrected chi connectivity index (χ1v) is 11.1. The minimum absolute atomic E-state index is 0.0308. The fraction of sp³-hybridized carbons (Fsp3) is 0.792. The topological polar surface area (TPSA) is 67.2 Å². The van der Waals surface area contributed by atoms with Crippen LogP contribution in [-0.4, -0.2) is 17.9 Å². The Balaban J connectivity index is 1.62. The molecule has 3 fully saturated rings. The van der Waals surface area contributed by atoms with Crippen LogP contribution < -0.4 is 0 Å². The van der Waals surface area contributed by atoms with Crippen molar-refractivity contribution in [1.82, 2.24) is 0 Å². The van der Waals surface area contributed by atoms with Gasteiger partial charge in [0.15, 0.2) is 0 Å². The quantitative estimate of drug-likeness (QED) is 0.509. The lowest BCUT2D eigenvalue weighted by atomic mass is 9.46. The van der Waals surface area contributed by atoms with Crippen molar-refractivity contribution in [1.29, 1.82) is 5.26 Å². The molecule has 0 aromatic carbocycles. The molecule has 4 rings (SSSR count). The second kappa shape index (κ2) is 7.01. The number of hydrogen-bond acceptors (Lipinski definition) is 4. The molecular formula is C24H33NO3. The van der Waals surface area contributed by atoms with Gasteiger partial charge in [0.1, 0.15) is 11.9 Å². The van der Waals surface area contributed by atoms with Gasteiger partial charge in [0, 0.05) is 25.7 Å². The summed E-state index contributed by atoms with van der Waals surface area (Å²) >= 11 is 0. The Hall–Kier alpha value is -1.63. The largest absolute Gasteiger partial charge is 0.462 e. The lowest BCUT2D eigenvalue weighted by Crippen LogP contribution is -2.52. The van der Waals surface area contributed by atoms with Crippen molar-refractivity contribution >= 4 is 11.8 Å². The number of fused-ring (bicyclic) bond motifs is 5. The van der Waals surface area contributed by atoms with E-state index in [0.717, 1.165) is 51.4 Å². The van der Waals surface area contributed by atoms with Gasteiger partial charge in [0.2, 0.25) is 0 Å². The monoisotopic (exact) mass is 383 g/mol. The van der Waals surface area contributed by atoms with E-state index < -0.39 is 0 Å². The molecule has 152 valence electrons. The van der Waals surface area contributed by atoms with Crippen LogP contribution in [0.2, 0.25) is 0 Å². The third-order valence-electron chi connectivity index (χ3n) is 9.01. The second-order valence-electron chi connectivity index (χ2n) is 10.1. The molecule has 0 bridgehead atoms. The highest BCUT2D eigenvalue weighted by atomic mass is 16.5. The Morgan fingerprint density at radius 3 is 2.64 bits per heavy atom. The number of hydrogen-bond donors (Lipinski definition) is 0. The summed E-state index contributed by atoms with van der Waals surface area (Å²) < 4.78 is 5.53. The number of nitrogens with zero attached hydrogens (tertiary/aromatic N) is 1. The zero-order valence-electron chi connectivity index (χ0n) is 17.5. The molecule has 4 nitrogen and oxygen atoms in total. The van der Waals surface area contributed by atoms with E-state index in [-0.39, 0.29) is 34.6 Å². The number of nitriles is 1. The molecule has 0 heterocycles. The summed E-state index contributed by atoms with van der Waals surface area (Å²) in [4.78, 5) is 23.8. The van der Waals surface area contributed by atoms with Gasteiger partial charge in [0.05, 0.1) is 6.07 Å². The molecule has 4 heteroatoms. The van der Waals surface area contributed by atoms with Gasteiger partial charge in [-0.15, -0.1) is 0 Å². The summed E-state index contributed by atoms with van der Waals surface area (Å²) in [6.45, 7) is 5.66. The maximum absolute atomic E-state index is 12.4. The first-order valence-electron chi connectivity index (χ1n) is 11.1. The van der Waals surface area contributed by atoms with Crippen LogP contribution in [0.5, 0.6) is 0 Å². The molecule has 0 aromatic heterocycles. The molecule has 7 atom stereocenters. The third-order valence-corrected chi connectivity index (χ3v) is 9.01. The van der Waals surface area contributed by atoms with Crippen molar-refractivity contribution in [3.8, 4) is 6.07 Å². The number of ether oxygens (including phenoxy) is 1. The summed E-state index contributed by atoms with van der Waals surface area (Å²) in [5.74, 6) is 1.91. The van der Waals surface area contributed by atoms with Crippen molar-refractivity contribution in [3.63, 3.8) is 0 Å². The van der Waals surface area contributed by atoms with Crippen LogP contribution in [0, 0.1) is 45.8 Å². The highest BCUT2D eigenvalue weighted by molar-refractivity contribution is 5.79. The Kier molecular flexibility index (Phi) is 4.92. The van der Waals surface area contributed by atoms with Crippen molar-refractivity contribution in [2.45, 2.75) is 84.7 Å². The molecule has 0 saturated heterocycles. The van der Waals surface area contributed by atoms with Crippen LogP contribution in [-0.2, 0) is 14.3 Å². The average Bonchev–Trinajstić information content (AvgIpc) is 3.01. The highest BCUT2D eigenvalue weighted by Gasteiger charge is 2.61. The van der Waals surface area contributed by atoms with Crippen LogP contribution in [0.25, 0.3) is 0 Å². The van der Waals surface area contributed by atoms with Crippen molar-refractivity contribution < 1.29 is 14.3 Å². The van der Waals surface area contributed by atoms with E-state index in [0.29, 0.717) is 24.2 Å². The maximum Gasteiger partial charge on any atom is 0.302 e. The molecule has 0 N–H and O–H groups in total. The zero-order valence-corrected chi connectivity index (χ0v) is 17.5. The van der Waals surface area contributed by atoms with Crippen molar-refractivity contribution in [2.75, 3.05) is 0 Å². The number of carbonyl (C=O) groups is 2. The summed E-state index contributed by atoms with van der Waals surface area (Å²) in [6, 6.07) is 2.45. The predicted molar refractivity (Wildman–Crippen MR) is 106 cm³/mol. The van der Waals surface area contributed by atoms with Crippen LogP contribution in [0.15, 0.2) is 11.6 Å². The Morgan fingerprint density at radius 2 is 1.96 bits per heavy atom. The van der Waals surface area contributed by atoms with Gasteiger partial charge in [-0.3, -0.25) is 9.59 Å². The molecule has 3 saturated carbocycles. The standard InChI is InChI=1S/C24H33NO3/c1-15(26)20-6-7-22-19-5-4-17-14-18(28-16(2)27)8-10-23(17,3)21(19)9-11-24(20,22)12-13-25/h4,18-22H,5-12,14H2,1-3H3/t18-,19?,20+,21?,22?,23-,24-/m0/s1. The molecule has 0 spiro atoms. The number of carbonyl (C=O) groups excluding carboxylic acids is 2. The summed E-state index contributed by atoms with van der Waals surface area (Å²) in [7, 11) is 0. The smallest absolute Gasteiger partial charge is 0.302 e. The first kappa shape index (κ1) is 19.7. The van der Waals surface area contributed by atoms with Gasteiger partial charge in [0.25, 0.3) is 0 Å². The molecule has 0 aromatic rings. The average molecular weight is 384 g/mol. The van der Waals surface area contributed by atoms with Gasteiger partial charge >= 0.3 is 5.97 Å². The summed E-state index contributed by atoms with van der Waals surface area (Å²) in [5, 5.41) is 9.58. The molecule has 28 heavy (non-hydrogen) atoms. The Bertz CT molecular complexity index is 749. The second-order valence-corrected chi connectivity index (χ2v) is 10.1. The zero-order chi connectivity index (χ0) is 20.1. The normalized spacial score (nSPS) is 44.4. The van der Waals surface area contributed by atoms with E-state index >= 15 is 0 Å². The van der Waals surface area contributed by atoms with Crippen molar-refractivity contribution in [2.24, 2.45) is 34.5 Å². The molecule has 4 aliphatic carbocycles. The Morgan fingerprint density at radius 1 is 1.18 bits per heavy atom. The number of esters is 1. The molecule has 0 radical (unpaired) electrons. The first-order chi connectivity index (χ1) is 13.3. The van der Waals surface area contributed by atoms with E-state index in [9.17, 15) is 14.9 Å². The van der Waals surface area contributed by atoms with Gasteiger partial charge < -0.3 is 4.74 Å². The fourth-order valence-electron chi connectivity index (χ4n) is 7.87. The van der Waals surface area contributed by atoms with Gasteiger partial charge in [-0.1, -0.05) is 18.6 Å². The van der Waals surface area contributed by atoms with E-state index in [4.69, 9.17) is 4.74 Å². The highest BCUT2D eigenvalue weighted by Crippen LogP contribution is 2.67. The van der Waals surface area contributed by atoms with E-state index in [2.05, 4.69) is 19.1 Å². The number of ketones is 1. The van der Waals surface area contributed by atoms with E-state index in [1.807, 2.05) is 0 Å². The predicted octanol–water partition coefficient (Wildman–Crippen LogP) is 4.98. The van der Waals surface area contributed by atoms with E-state index in [1.165, 1.54) is 12.5 Å². The molecule has 0 amide bonds. The lowest BCUT2D eigenvalue weighted by molar-refractivity contribution is -0.149. The van der Waals surface area contributed by atoms with Gasteiger partial charge in [-0.25, -0.2) is 0 Å². The SMILES string of the molecule is CC(=O)O[C@H]1CC[C@@]2(C)C(=CCC3C4CC[C@H](C(C)=O)[C@@]4(CC#N)CCC32)C1. The Labute approximate surface area is 168 Å². The fourth-order valence-corrected chi connectivity index (χ4v) is 7.87. The number of allylic oxidation sites excluding steroid dienone is 1.